The van der Waals surface area contributed by atoms with Crippen molar-refractivity contribution in [1.29, 1.82) is 0 Å². The van der Waals surface area contributed by atoms with Crippen LogP contribution < -0.4 is 4.74 Å². The van der Waals surface area contributed by atoms with Crippen LogP contribution in [0.3, 0.4) is 0 Å². The Morgan fingerprint density at radius 3 is 2.88 bits per heavy atom. The van der Waals surface area contributed by atoms with Gasteiger partial charge in [-0.15, -0.1) is 0 Å². The van der Waals surface area contributed by atoms with E-state index in [2.05, 4.69) is 16.9 Å². The first-order valence-electron chi connectivity index (χ1n) is 5.42. The second-order valence-corrected chi connectivity index (χ2v) is 3.46. The summed E-state index contributed by atoms with van der Waals surface area (Å²) in [5, 5.41) is 8.69. The Bertz CT molecular complexity index is 342. The smallest absolute Gasteiger partial charge is 0.356 e. The second-order valence-electron chi connectivity index (χ2n) is 3.46. The van der Waals surface area contributed by atoms with E-state index in [1.54, 1.807) is 0 Å². The molecule has 0 atom stereocenters. The lowest BCUT2D eigenvalue weighted by atomic mass is 10.2. The first-order valence-corrected chi connectivity index (χ1v) is 5.42. The van der Waals surface area contributed by atoms with Gasteiger partial charge in [-0.25, -0.2) is 9.78 Å². The Hall–Kier alpha value is -1.65. The molecule has 1 aromatic rings. The highest BCUT2D eigenvalue weighted by Gasteiger charge is 2.06. The molecule has 0 spiro atoms. The minimum absolute atomic E-state index is 0.0916. The number of hydrogen-bond acceptors (Lipinski definition) is 4. The van der Waals surface area contributed by atoms with Gasteiger partial charge in [0.25, 0.3) is 0 Å². The third-order valence-corrected chi connectivity index (χ3v) is 2.08. The maximum absolute atomic E-state index is 10.6. The molecular formula is C11H16N2O3. The summed E-state index contributed by atoms with van der Waals surface area (Å²) in [5.74, 6) is -0.819. The molecule has 5 heteroatoms. The number of carboxylic acid groups (broad SMARTS) is 1. The van der Waals surface area contributed by atoms with Crippen molar-refractivity contribution in [1.82, 2.24) is 9.97 Å². The van der Waals surface area contributed by atoms with Crippen LogP contribution in [0.5, 0.6) is 5.88 Å². The minimum Gasteiger partial charge on any atom is -0.477 e. The number of unbranched alkanes of at least 4 members (excludes halogenated alkanes) is 3. The van der Waals surface area contributed by atoms with Crippen LogP contribution >= 0.6 is 0 Å². The summed E-state index contributed by atoms with van der Waals surface area (Å²) in [6, 6.07) is 0. The number of aromatic carboxylic acids is 1. The van der Waals surface area contributed by atoms with Crippen molar-refractivity contribution in [3.63, 3.8) is 0 Å². The van der Waals surface area contributed by atoms with E-state index in [0.29, 0.717) is 6.61 Å². The van der Waals surface area contributed by atoms with E-state index in [1.165, 1.54) is 25.2 Å². The molecule has 0 radical (unpaired) electrons. The minimum atomic E-state index is -1.09. The predicted molar refractivity (Wildman–Crippen MR) is 58.6 cm³/mol. The molecule has 16 heavy (non-hydrogen) atoms. The van der Waals surface area contributed by atoms with Gasteiger partial charge in [-0.3, -0.25) is 4.98 Å². The van der Waals surface area contributed by atoms with Crippen LogP contribution in [0.1, 0.15) is 43.1 Å². The van der Waals surface area contributed by atoms with Gasteiger partial charge >= 0.3 is 5.97 Å². The normalized spacial score (nSPS) is 10.1. The molecular weight excluding hydrogens is 208 g/mol. The standard InChI is InChI=1S/C11H16N2O3/c1-2-3-4-5-6-16-10-8-12-7-9(13-10)11(14)15/h7-8H,2-6H2,1H3,(H,14,15). The summed E-state index contributed by atoms with van der Waals surface area (Å²) in [4.78, 5) is 18.2. The zero-order valence-electron chi connectivity index (χ0n) is 9.35. The van der Waals surface area contributed by atoms with Crippen molar-refractivity contribution in [3.8, 4) is 5.88 Å². The number of nitrogens with zero attached hydrogens (tertiary/aromatic N) is 2. The molecule has 0 amide bonds. The number of aromatic nitrogens is 2. The van der Waals surface area contributed by atoms with Crippen LogP contribution in [0.4, 0.5) is 0 Å². The van der Waals surface area contributed by atoms with Crippen molar-refractivity contribution >= 4 is 5.97 Å². The van der Waals surface area contributed by atoms with Crippen molar-refractivity contribution in [2.75, 3.05) is 6.61 Å². The van der Waals surface area contributed by atoms with E-state index in [-0.39, 0.29) is 11.6 Å². The Morgan fingerprint density at radius 2 is 2.19 bits per heavy atom. The molecule has 0 aromatic carbocycles. The molecule has 1 rings (SSSR count). The Kier molecular flexibility index (Phi) is 5.25. The lowest BCUT2D eigenvalue weighted by Crippen LogP contribution is -2.05. The molecule has 0 saturated heterocycles. The number of ether oxygens (including phenoxy) is 1. The maximum Gasteiger partial charge on any atom is 0.356 e. The average Bonchev–Trinajstić information content (AvgIpc) is 2.29. The fourth-order valence-electron chi connectivity index (χ4n) is 1.23. The first kappa shape index (κ1) is 12.4. The molecule has 0 aliphatic heterocycles. The maximum atomic E-state index is 10.6. The van der Waals surface area contributed by atoms with E-state index in [0.717, 1.165) is 12.8 Å². The van der Waals surface area contributed by atoms with E-state index < -0.39 is 5.97 Å². The topological polar surface area (TPSA) is 72.3 Å². The molecule has 0 bridgehead atoms. The van der Waals surface area contributed by atoms with E-state index in [9.17, 15) is 4.79 Å². The third-order valence-electron chi connectivity index (χ3n) is 2.08. The van der Waals surface area contributed by atoms with Crippen LogP contribution in [0, 0.1) is 0 Å². The Balaban J connectivity index is 2.36. The largest absolute Gasteiger partial charge is 0.477 e. The molecule has 0 unspecified atom stereocenters. The van der Waals surface area contributed by atoms with Gasteiger partial charge in [-0.1, -0.05) is 26.2 Å². The molecule has 0 saturated carbocycles. The van der Waals surface area contributed by atoms with Gasteiger partial charge in [0, 0.05) is 0 Å². The highest BCUT2D eigenvalue weighted by molar-refractivity contribution is 5.84. The quantitative estimate of drug-likeness (QED) is 0.718. The van der Waals surface area contributed by atoms with Crippen LogP contribution in [0.2, 0.25) is 0 Å². The summed E-state index contributed by atoms with van der Waals surface area (Å²) < 4.78 is 5.31. The molecule has 88 valence electrons. The van der Waals surface area contributed by atoms with Gasteiger partial charge in [0.1, 0.15) is 0 Å². The van der Waals surface area contributed by atoms with Crippen molar-refractivity contribution in [3.05, 3.63) is 18.1 Å². The van der Waals surface area contributed by atoms with Crippen LogP contribution in [0.25, 0.3) is 0 Å². The molecule has 0 fully saturated rings. The van der Waals surface area contributed by atoms with Crippen LogP contribution in [-0.2, 0) is 0 Å². The lowest BCUT2D eigenvalue weighted by molar-refractivity contribution is 0.0688. The average molecular weight is 224 g/mol. The summed E-state index contributed by atoms with van der Waals surface area (Å²) in [6.45, 7) is 2.69. The number of carboxylic acids is 1. The molecule has 0 aliphatic rings. The molecule has 1 heterocycles. The monoisotopic (exact) mass is 224 g/mol. The highest BCUT2D eigenvalue weighted by Crippen LogP contribution is 2.07. The molecule has 0 aliphatic carbocycles. The van der Waals surface area contributed by atoms with Gasteiger partial charge in [-0.2, -0.15) is 0 Å². The van der Waals surface area contributed by atoms with Gasteiger partial charge in [0.05, 0.1) is 19.0 Å². The fourth-order valence-corrected chi connectivity index (χ4v) is 1.23. The van der Waals surface area contributed by atoms with Crippen molar-refractivity contribution in [2.24, 2.45) is 0 Å². The lowest BCUT2D eigenvalue weighted by Gasteiger charge is -2.04. The summed E-state index contributed by atoms with van der Waals surface area (Å²) in [6.07, 6.45) is 7.05. The molecule has 1 N–H and O–H groups in total. The van der Waals surface area contributed by atoms with Gasteiger partial charge in [0.2, 0.25) is 5.88 Å². The number of hydrogen-bond donors (Lipinski definition) is 1. The summed E-state index contributed by atoms with van der Waals surface area (Å²) in [5.41, 5.74) is -0.0916. The van der Waals surface area contributed by atoms with Crippen molar-refractivity contribution in [2.45, 2.75) is 32.6 Å². The Morgan fingerprint density at radius 1 is 1.38 bits per heavy atom. The van der Waals surface area contributed by atoms with Gasteiger partial charge in [-0.05, 0) is 6.42 Å². The van der Waals surface area contributed by atoms with E-state index >= 15 is 0 Å². The summed E-state index contributed by atoms with van der Waals surface area (Å²) >= 11 is 0. The number of rotatable bonds is 7. The zero-order chi connectivity index (χ0) is 11.8. The molecule has 5 nitrogen and oxygen atoms in total. The molecule has 1 aromatic heterocycles. The first-order chi connectivity index (χ1) is 7.74. The third kappa shape index (κ3) is 4.25. The SMILES string of the molecule is CCCCCCOc1cncc(C(=O)O)n1. The van der Waals surface area contributed by atoms with Crippen LogP contribution in [-0.4, -0.2) is 27.7 Å². The Labute approximate surface area is 94.5 Å². The number of carbonyl (C=O) groups is 1. The fraction of sp³-hybridized carbons (Fsp3) is 0.545. The van der Waals surface area contributed by atoms with Crippen molar-refractivity contribution < 1.29 is 14.6 Å². The highest BCUT2D eigenvalue weighted by atomic mass is 16.5. The van der Waals surface area contributed by atoms with E-state index in [4.69, 9.17) is 9.84 Å². The van der Waals surface area contributed by atoms with Gasteiger partial charge in [0.15, 0.2) is 5.69 Å². The van der Waals surface area contributed by atoms with Crippen LogP contribution in [0.15, 0.2) is 12.4 Å². The van der Waals surface area contributed by atoms with Gasteiger partial charge < -0.3 is 9.84 Å². The predicted octanol–water partition coefficient (Wildman–Crippen LogP) is 2.13. The summed E-state index contributed by atoms with van der Waals surface area (Å²) in [7, 11) is 0. The zero-order valence-corrected chi connectivity index (χ0v) is 9.35. The van der Waals surface area contributed by atoms with E-state index in [1.807, 2.05) is 0 Å². The second kappa shape index (κ2) is 6.76.